The normalized spacial score (nSPS) is 17.1. The predicted molar refractivity (Wildman–Crippen MR) is 112 cm³/mol. The van der Waals surface area contributed by atoms with Gasteiger partial charge in [-0.05, 0) is 89.2 Å². The fraction of sp³-hybridized carbons (Fsp3) is 0.696. The van der Waals surface area contributed by atoms with E-state index in [9.17, 15) is 9.18 Å². The highest BCUT2D eigenvalue weighted by atomic mass is 19.1. The van der Waals surface area contributed by atoms with Crippen molar-refractivity contribution in [3.05, 3.63) is 35.1 Å². The van der Waals surface area contributed by atoms with E-state index in [1.807, 2.05) is 26.8 Å². The average Bonchev–Trinajstić information content (AvgIpc) is 2.59. The number of likely N-dealkylation sites (tertiary alicyclic amines) is 1. The number of carbonyl (C=O) groups excluding carboxylic acids is 1. The van der Waals surface area contributed by atoms with Gasteiger partial charge in [-0.25, -0.2) is 9.18 Å². The van der Waals surface area contributed by atoms with Crippen LogP contribution in [0, 0.1) is 11.7 Å². The second-order valence-corrected chi connectivity index (χ2v) is 9.33. The van der Waals surface area contributed by atoms with Crippen molar-refractivity contribution in [1.82, 2.24) is 9.80 Å². The molecule has 0 spiro atoms. The number of amides is 1. The molecule has 4 nitrogen and oxygen atoms in total. The molecule has 1 unspecified atom stereocenters. The molecule has 0 aromatic heterocycles. The lowest BCUT2D eigenvalue weighted by atomic mass is 9.83. The average molecular weight is 393 g/mol. The van der Waals surface area contributed by atoms with E-state index < -0.39 is 5.60 Å². The van der Waals surface area contributed by atoms with Crippen LogP contribution < -0.4 is 0 Å². The number of nitrogens with zero attached hydrogens (tertiary/aromatic N) is 2. The molecule has 158 valence electrons. The van der Waals surface area contributed by atoms with Crippen molar-refractivity contribution in [1.29, 1.82) is 0 Å². The number of hydrogen-bond donors (Lipinski definition) is 0. The van der Waals surface area contributed by atoms with Crippen LogP contribution in [0.3, 0.4) is 0 Å². The second-order valence-electron chi connectivity index (χ2n) is 9.33. The lowest BCUT2D eigenvalue weighted by molar-refractivity contribution is 0.0204. The smallest absolute Gasteiger partial charge is 0.410 e. The van der Waals surface area contributed by atoms with E-state index in [0.717, 1.165) is 37.8 Å². The van der Waals surface area contributed by atoms with Crippen molar-refractivity contribution in [2.45, 2.75) is 64.9 Å². The van der Waals surface area contributed by atoms with Crippen LogP contribution in [0.1, 0.15) is 64.0 Å². The molecule has 1 aromatic carbocycles. The van der Waals surface area contributed by atoms with Crippen molar-refractivity contribution in [2.24, 2.45) is 5.92 Å². The minimum absolute atomic E-state index is 0.162. The molecule has 1 aliphatic heterocycles. The Labute approximate surface area is 170 Å². The van der Waals surface area contributed by atoms with Crippen molar-refractivity contribution < 1.29 is 13.9 Å². The van der Waals surface area contributed by atoms with Crippen LogP contribution in [0.25, 0.3) is 0 Å². The van der Waals surface area contributed by atoms with Crippen LogP contribution in [0.2, 0.25) is 0 Å². The van der Waals surface area contributed by atoms with Crippen molar-refractivity contribution >= 4 is 6.09 Å². The molecule has 1 aliphatic rings. The monoisotopic (exact) mass is 392 g/mol. The van der Waals surface area contributed by atoms with Crippen molar-refractivity contribution in [3.8, 4) is 0 Å². The Morgan fingerprint density at radius 3 is 2.46 bits per heavy atom. The lowest BCUT2D eigenvalue weighted by Gasteiger charge is -2.34. The molecule has 2 rings (SSSR count). The van der Waals surface area contributed by atoms with Gasteiger partial charge in [0, 0.05) is 19.6 Å². The van der Waals surface area contributed by atoms with Gasteiger partial charge in [0.15, 0.2) is 0 Å². The molecule has 0 radical (unpaired) electrons. The van der Waals surface area contributed by atoms with E-state index in [1.165, 1.54) is 5.56 Å². The summed E-state index contributed by atoms with van der Waals surface area (Å²) in [4.78, 5) is 16.3. The maximum atomic E-state index is 14.0. The Bertz CT molecular complexity index is 646. The third-order valence-electron chi connectivity index (χ3n) is 5.40. The van der Waals surface area contributed by atoms with Gasteiger partial charge in [0.25, 0.3) is 0 Å². The zero-order valence-corrected chi connectivity index (χ0v) is 18.4. The third-order valence-corrected chi connectivity index (χ3v) is 5.40. The predicted octanol–water partition coefficient (Wildman–Crippen LogP) is 5.07. The van der Waals surface area contributed by atoms with Crippen LogP contribution in [-0.4, -0.2) is 55.2 Å². The number of ether oxygens (including phenoxy) is 1. The number of halogens is 1. The van der Waals surface area contributed by atoms with Crippen molar-refractivity contribution in [3.63, 3.8) is 0 Å². The molecule has 1 aromatic rings. The molecule has 1 fully saturated rings. The highest BCUT2D eigenvalue weighted by Gasteiger charge is 2.28. The van der Waals surface area contributed by atoms with Gasteiger partial charge in [-0.2, -0.15) is 0 Å². The van der Waals surface area contributed by atoms with Gasteiger partial charge in [0.2, 0.25) is 0 Å². The van der Waals surface area contributed by atoms with Gasteiger partial charge in [-0.3, -0.25) is 0 Å². The van der Waals surface area contributed by atoms with Gasteiger partial charge in [0.1, 0.15) is 11.4 Å². The summed E-state index contributed by atoms with van der Waals surface area (Å²) in [5.74, 6) is 0.716. The summed E-state index contributed by atoms with van der Waals surface area (Å²) < 4.78 is 19.5. The van der Waals surface area contributed by atoms with Crippen LogP contribution in [0.4, 0.5) is 9.18 Å². The summed E-state index contributed by atoms with van der Waals surface area (Å²) >= 11 is 0. The van der Waals surface area contributed by atoms with E-state index in [4.69, 9.17) is 4.74 Å². The van der Waals surface area contributed by atoms with E-state index in [2.05, 4.69) is 25.9 Å². The van der Waals surface area contributed by atoms with E-state index in [-0.39, 0.29) is 11.9 Å². The quantitative estimate of drug-likeness (QED) is 0.677. The highest BCUT2D eigenvalue weighted by molar-refractivity contribution is 5.68. The second kappa shape index (κ2) is 9.73. The minimum Gasteiger partial charge on any atom is -0.444 e. The molecule has 1 atom stereocenters. The lowest BCUT2D eigenvalue weighted by Crippen LogP contribution is -2.41. The summed E-state index contributed by atoms with van der Waals surface area (Å²) in [5, 5.41) is 0. The summed E-state index contributed by atoms with van der Waals surface area (Å²) in [5.41, 5.74) is 1.91. The van der Waals surface area contributed by atoms with E-state index in [1.54, 1.807) is 17.0 Å². The molecular formula is C23H37FN2O2. The van der Waals surface area contributed by atoms with Crippen LogP contribution in [0.5, 0.6) is 0 Å². The number of hydrogen-bond acceptors (Lipinski definition) is 3. The third kappa shape index (κ3) is 6.77. The summed E-state index contributed by atoms with van der Waals surface area (Å²) in [6, 6.07) is 5.25. The molecule has 0 aliphatic carbocycles. The maximum absolute atomic E-state index is 14.0. The first kappa shape index (κ1) is 22.7. The Morgan fingerprint density at radius 1 is 1.29 bits per heavy atom. The Morgan fingerprint density at radius 2 is 1.93 bits per heavy atom. The van der Waals surface area contributed by atoms with Gasteiger partial charge in [0.05, 0.1) is 0 Å². The first-order chi connectivity index (χ1) is 13.1. The molecule has 1 amide bonds. The van der Waals surface area contributed by atoms with Crippen molar-refractivity contribution in [2.75, 3.05) is 33.7 Å². The Kier molecular flexibility index (Phi) is 7.87. The Hall–Kier alpha value is -1.62. The number of rotatable bonds is 6. The summed E-state index contributed by atoms with van der Waals surface area (Å²) in [6.45, 7) is 10.2. The zero-order valence-electron chi connectivity index (χ0n) is 18.4. The first-order valence-electron chi connectivity index (χ1n) is 10.5. The standard InChI is InChI=1S/C23H37FN2O2/c1-7-17(16-25(5)6)14-19-15-20(24)8-9-21(19)18-10-12-26(13-11-18)22(27)28-23(2,3)4/h8-9,15,17-18H,7,10-14,16H2,1-6H3. The van der Waals surface area contributed by atoms with Gasteiger partial charge < -0.3 is 14.5 Å². The molecule has 0 N–H and O–H groups in total. The van der Waals surface area contributed by atoms with E-state index in [0.29, 0.717) is 24.9 Å². The molecule has 0 bridgehead atoms. The fourth-order valence-electron chi connectivity index (χ4n) is 4.01. The molecule has 0 saturated carbocycles. The molecule has 5 heteroatoms. The fourth-order valence-corrected chi connectivity index (χ4v) is 4.01. The molecule has 1 saturated heterocycles. The maximum Gasteiger partial charge on any atom is 0.410 e. The largest absolute Gasteiger partial charge is 0.444 e. The number of piperidine rings is 1. The zero-order chi connectivity index (χ0) is 20.9. The molecular weight excluding hydrogens is 355 g/mol. The van der Waals surface area contributed by atoms with Crippen LogP contribution in [0.15, 0.2) is 18.2 Å². The van der Waals surface area contributed by atoms with Gasteiger partial charge >= 0.3 is 6.09 Å². The number of benzene rings is 1. The summed E-state index contributed by atoms with van der Waals surface area (Å²) in [7, 11) is 4.17. The SMILES string of the molecule is CCC(Cc1cc(F)ccc1C1CCN(C(=O)OC(C)(C)C)CC1)CN(C)C. The van der Waals surface area contributed by atoms with Crippen LogP contribution in [-0.2, 0) is 11.2 Å². The Balaban J connectivity index is 2.07. The summed E-state index contributed by atoms with van der Waals surface area (Å²) in [6.07, 6.45) is 3.52. The minimum atomic E-state index is -0.473. The number of carbonyl (C=O) groups is 1. The van der Waals surface area contributed by atoms with Gasteiger partial charge in [-0.15, -0.1) is 0 Å². The van der Waals surface area contributed by atoms with E-state index >= 15 is 0 Å². The highest BCUT2D eigenvalue weighted by Crippen LogP contribution is 2.33. The molecule has 28 heavy (non-hydrogen) atoms. The molecule has 1 heterocycles. The van der Waals surface area contributed by atoms with Crippen LogP contribution >= 0.6 is 0 Å². The topological polar surface area (TPSA) is 32.8 Å². The first-order valence-corrected chi connectivity index (χ1v) is 10.5. The van der Waals surface area contributed by atoms with Gasteiger partial charge in [-0.1, -0.05) is 19.4 Å².